The first-order chi connectivity index (χ1) is 6.83. The van der Waals surface area contributed by atoms with Crippen LogP contribution in [0.2, 0.25) is 12.6 Å². The van der Waals surface area contributed by atoms with Crippen LogP contribution < -0.4 is 0 Å². The Hall–Kier alpha value is -0.603. The fourth-order valence-corrected chi connectivity index (χ4v) is 2.03. The molecule has 0 unspecified atom stereocenters. The minimum Gasteiger partial charge on any atom is -0.377 e. The monoisotopic (exact) mass is 208 g/mol. The summed E-state index contributed by atoms with van der Waals surface area (Å²) in [7, 11) is 0.238. The van der Waals surface area contributed by atoms with E-state index >= 15 is 0 Å². The molecular weight excluding hydrogens is 188 g/mol. The molecule has 1 nitrogen and oxygen atoms in total. The lowest BCUT2D eigenvalue weighted by Crippen LogP contribution is -1.96. The highest BCUT2D eigenvalue weighted by Crippen LogP contribution is 2.04. The molecule has 0 radical (unpaired) electrons. The lowest BCUT2D eigenvalue weighted by Gasteiger charge is -2.03. The van der Waals surface area contributed by atoms with Gasteiger partial charge in [0.05, 0.1) is 6.61 Å². The average molecular weight is 208 g/mol. The smallest absolute Gasteiger partial charge is 0.0716 e. The van der Waals surface area contributed by atoms with E-state index in [1.165, 1.54) is 23.6 Å². The molecule has 14 heavy (non-hydrogen) atoms. The molecule has 0 aliphatic carbocycles. The van der Waals surface area contributed by atoms with Crippen molar-refractivity contribution in [2.75, 3.05) is 6.61 Å². The van der Waals surface area contributed by atoms with Gasteiger partial charge in [-0.15, -0.1) is 0 Å². The van der Waals surface area contributed by atoms with Gasteiger partial charge < -0.3 is 4.74 Å². The van der Waals surface area contributed by atoms with Crippen molar-refractivity contribution >= 4 is 9.52 Å². The molecule has 0 spiro atoms. The second-order valence-electron chi connectivity index (χ2n) is 3.75. The Morgan fingerprint density at radius 1 is 1.21 bits per heavy atom. The van der Waals surface area contributed by atoms with Crippen LogP contribution in [0, 0.1) is 6.92 Å². The lowest BCUT2D eigenvalue weighted by molar-refractivity contribution is 0.121. The molecular formula is C12H20OSi. The van der Waals surface area contributed by atoms with Gasteiger partial charge in [0.25, 0.3) is 0 Å². The Morgan fingerprint density at radius 2 is 1.93 bits per heavy atom. The van der Waals surface area contributed by atoms with Gasteiger partial charge in [0.1, 0.15) is 0 Å². The van der Waals surface area contributed by atoms with E-state index in [2.05, 4.69) is 37.7 Å². The molecule has 0 atom stereocenters. The minimum atomic E-state index is 0.238. The fourth-order valence-electron chi connectivity index (χ4n) is 1.33. The highest BCUT2D eigenvalue weighted by atomic mass is 28.2. The Labute approximate surface area is 89.3 Å². The van der Waals surface area contributed by atoms with Crippen LogP contribution in [0.1, 0.15) is 17.5 Å². The first-order valence-corrected chi connectivity index (χ1v) is 7.87. The average Bonchev–Trinajstić information content (AvgIpc) is 2.21. The Balaban J connectivity index is 2.15. The second-order valence-corrected chi connectivity index (χ2v) is 5.45. The highest BCUT2D eigenvalue weighted by molar-refractivity contribution is 6.33. The Bertz CT molecular complexity index is 243. The van der Waals surface area contributed by atoms with Gasteiger partial charge in [-0.2, -0.15) is 0 Å². The molecule has 0 N–H and O–H groups in total. The minimum absolute atomic E-state index is 0.238. The third-order valence-electron chi connectivity index (χ3n) is 2.28. The fraction of sp³-hybridized carbons (Fsp3) is 0.500. The van der Waals surface area contributed by atoms with Crippen molar-refractivity contribution in [2.24, 2.45) is 0 Å². The highest BCUT2D eigenvalue weighted by Gasteiger charge is 1.92. The summed E-state index contributed by atoms with van der Waals surface area (Å²) in [5.74, 6) is 0. The molecule has 0 aromatic heterocycles. The third kappa shape index (κ3) is 4.58. The summed E-state index contributed by atoms with van der Waals surface area (Å²) in [6.07, 6.45) is 1.24. The summed E-state index contributed by atoms with van der Waals surface area (Å²) in [6, 6.07) is 9.97. The van der Waals surface area contributed by atoms with Gasteiger partial charge in [0, 0.05) is 16.1 Å². The molecule has 0 aliphatic heterocycles. The number of hydrogen-bond donors (Lipinski definition) is 0. The molecule has 0 fully saturated rings. The van der Waals surface area contributed by atoms with E-state index in [0.29, 0.717) is 0 Å². The SMILES string of the molecule is C[SiH2]CCCOCc1ccc(C)cc1. The van der Waals surface area contributed by atoms with Gasteiger partial charge >= 0.3 is 0 Å². The van der Waals surface area contributed by atoms with Gasteiger partial charge in [-0.3, -0.25) is 0 Å². The molecule has 0 heterocycles. The standard InChI is InChI=1S/C12H20OSi/c1-11-4-6-12(7-5-11)10-13-8-3-9-14-2/h4-7H,3,8-10,14H2,1-2H3. The first-order valence-electron chi connectivity index (χ1n) is 5.46. The maximum atomic E-state index is 5.58. The first kappa shape index (κ1) is 11.5. The van der Waals surface area contributed by atoms with Crippen LogP contribution in [0.15, 0.2) is 24.3 Å². The van der Waals surface area contributed by atoms with E-state index < -0.39 is 0 Å². The number of hydrogen-bond acceptors (Lipinski definition) is 1. The summed E-state index contributed by atoms with van der Waals surface area (Å²) in [5.41, 5.74) is 2.59. The summed E-state index contributed by atoms with van der Waals surface area (Å²) in [4.78, 5) is 0. The number of rotatable bonds is 6. The predicted molar refractivity (Wildman–Crippen MR) is 64.7 cm³/mol. The predicted octanol–water partition coefficient (Wildman–Crippen LogP) is 2.54. The van der Waals surface area contributed by atoms with E-state index in [0.717, 1.165) is 13.2 Å². The molecule has 78 valence electrons. The topological polar surface area (TPSA) is 9.23 Å². The molecule has 0 saturated heterocycles. The molecule has 0 bridgehead atoms. The van der Waals surface area contributed by atoms with E-state index in [4.69, 9.17) is 4.74 Å². The van der Waals surface area contributed by atoms with Gasteiger partial charge in [-0.1, -0.05) is 42.4 Å². The maximum absolute atomic E-state index is 5.58. The Kier molecular flexibility index (Phi) is 5.57. The molecule has 0 saturated carbocycles. The molecule has 1 aromatic rings. The van der Waals surface area contributed by atoms with E-state index in [1.807, 2.05) is 0 Å². The van der Waals surface area contributed by atoms with Crippen LogP contribution in [0.5, 0.6) is 0 Å². The molecule has 2 heteroatoms. The van der Waals surface area contributed by atoms with Crippen molar-refractivity contribution in [3.05, 3.63) is 35.4 Å². The third-order valence-corrected chi connectivity index (χ3v) is 3.49. The summed E-state index contributed by atoms with van der Waals surface area (Å²) < 4.78 is 5.58. The van der Waals surface area contributed by atoms with Crippen molar-refractivity contribution in [3.8, 4) is 0 Å². The number of ether oxygens (including phenoxy) is 1. The molecule has 1 aromatic carbocycles. The zero-order valence-corrected chi connectivity index (χ0v) is 10.7. The normalized spacial score (nSPS) is 11.3. The summed E-state index contributed by atoms with van der Waals surface area (Å²) in [5, 5.41) is 0. The quantitative estimate of drug-likeness (QED) is 0.516. The zero-order chi connectivity index (χ0) is 10.2. The second kappa shape index (κ2) is 6.79. The lowest BCUT2D eigenvalue weighted by atomic mass is 10.2. The van der Waals surface area contributed by atoms with Crippen LogP contribution in [-0.4, -0.2) is 16.1 Å². The van der Waals surface area contributed by atoms with Crippen LogP contribution in [0.3, 0.4) is 0 Å². The summed E-state index contributed by atoms with van der Waals surface area (Å²) >= 11 is 0. The van der Waals surface area contributed by atoms with Crippen LogP contribution in [0.4, 0.5) is 0 Å². The van der Waals surface area contributed by atoms with Gasteiger partial charge in [-0.25, -0.2) is 0 Å². The van der Waals surface area contributed by atoms with E-state index in [-0.39, 0.29) is 9.52 Å². The van der Waals surface area contributed by atoms with E-state index in [1.54, 1.807) is 0 Å². The van der Waals surface area contributed by atoms with Crippen molar-refractivity contribution in [1.82, 2.24) is 0 Å². The van der Waals surface area contributed by atoms with Crippen LogP contribution in [-0.2, 0) is 11.3 Å². The van der Waals surface area contributed by atoms with E-state index in [9.17, 15) is 0 Å². The van der Waals surface area contributed by atoms with Gasteiger partial charge in [0.2, 0.25) is 0 Å². The summed E-state index contributed by atoms with van der Waals surface area (Å²) in [6.45, 7) is 6.15. The molecule has 0 amide bonds. The number of aryl methyl sites for hydroxylation is 1. The van der Waals surface area contributed by atoms with Crippen LogP contribution >= 0.6 is 0 Å². The van der Waals surface area contributed by atoms with Crippen molar-refractivity contribution in [2.45, 2.75) is 32.5 Å². The van der Waals surface area contributed by atoms with Gasteiger partial charge in [0.15, 0.2) is 0 Å². The Morgan fingerprint density at radius 3 is 2.57 bits per heavy atom. The van der Waals surface area contributed by atoms with Crippen molar-refractivity contribution in [1.29, 1.82) is 0 Å². The largest absolute Gasteiger partial charge is 0.377 e. The zero-order valence-electron chi connectivity index (χ0n) is 9.25. The molecule has 0 aliphatic rings. The van der Waals surface area contributed by atoms with Crippen LogP contribution in [0.25, 0.3) is 0 Å². The number of benzene rings is 1. The van der Waals surface area contributed by atoms with Crippen molar-refractivity contribution in [3.63, 3.8) is 0 Å². The van der Waals surface area contributed by atoms with Gasteiger partial charge in [-0.05, 0) is 18.9 Å². The maximum Gasteiger partial charge on any atom is 0.0716 e. The van der Waals surface area contributed by atoms with Crippen molar-refractivity contribution < 1.29 is 4.74 Å². The molecule has 1 rings (SSSR count).